The summed E-state index contributed by atoms with van der Waals surface area (Å²) in [7, 11) is 0. The van der Waals surface area contributed by atoms with Crippen LogP contribution in [0.4, 0.5) is 0 Å². The molecule has 0 fully saturated rings. The third-order valence-corrected chi connectivity index (χ3v) is 2.48. The number of benzene rings is 1. The van der Waals surface area contributed by atoms with Gasteiger partial charge in [0.25, 0.3) is 5.56 Å². The number of hydrogen-bond donors (Lipinski definition) is 2. The Morgan fingerprint density at radius 2 is 2.22 bits per heavy atom. The van der Waals surface area contributed by atoms with Gasteiger partial charge in [-0.15, -0.1) is 0 Å². The molecule has 0 aliphatic heterocycles. The van der Waals surface area contributed by atoms with E-state index in [4.69, 9.17) is 9.84 Å². The number of aromatic nitrogens is 2. The van der Waals surface area contributed by atoms with Crippen molar-refractivity contribution in [3.63, 3.8) is 0 Å². The van der Waals surface area contributed by atoms with E-state index in [2.05, 4.69) is 9.97 Å². The Morgan fingerprint density at radius 1 is 1.50 bits per heavy atom. The van der Waals surface area contributed by atoms with Gasteiger partial charge in [-0.05, 0) is 19.1 Å². The van der Waals surface area contributed by atoms with Gasteiger partial charge >= 0.3 is 5.97 Å². The van der Waals surface area contributed by atoms with Gasteiger partial charge in [0, 0.05) is 0 Å². The van der Waals surface area contributed by atoms with Crippen molar-refractivity contribution in [3.05, 3.63) is 40.4 Å². The summed E-state index contributed by atoms with van der Waals surface area (Å²) < 4.78 is 5.06. The summed E-state index contributed by atoms with van der Waals surface area (Å²) in [5, 5.41) is 9.16. The van der Waals surface area contributed by atoms with Crippen molar-refractivity contribution >= 4 is 16.9 Å². The second kappa shape index (κ2) is 4.97. The maximum atomic E-state index is 11.7. The molecule has 1 heterocycles. The molecule has 0 amide bonds. The summed E-state index contributed by atoms with van der Waals surface area (Å²) in [5.41, 5.74) is 0.296. The number of nitrogens with zero attached hydrogens (tertiary/aromatic N) is 1. The van der Waals surface area contributed by atoms with Gasteiger partial charge in [-0.3, -0.25) is 4.79 Å². The highest BCUT2D eigenvalue weighted by atomic mass is 16.5. The number of H-pyrrole nitrogens is 1. The van der Waals surface area contributed by atoms with Crippen LogP contribution in [-0.2, 0) is 16.1 Å². The zero-order valence-electron chi connectivity index (χ0n) is 9.71. The van der Waals surface area contributed by atoms with Crippen LogP contribution in [0.15, 0.2) is 29.1 Å². The number of carboxylic acids is 1. The molecule has 2 N–H and O–H groups in total. The first-order valence-corrected chi connectivity index (χ1v) is 5.40. The van der Waals surface area contributed by atoms with Crippen molar-refractivity contribution < 1.29 is 14.6 Å². The lowest BCUT2D eigenvalue weighted by molar-refractivity contribution is -0.150. The second-order valence-corrected chi connectivity index (χ2v) is 3.82. The summed E-state index contributed by atoms with van der Waals surface area (Å²) in [4.78, 5) is 29.0. The van der Waals surface area contributed by atoms with Gasteiger partial charge in [0.05, 0.1) is 10.9 Å². The van der Waals surface area contributed by atoms with E-state index in [0.717, 1.165) is 0 Å². The number of carboxylic acid groups (broad SMARTS) is 1. The minimum Gasteiger partial charge on any atom is -0.479 e. The number of nitrogens with one attached hydrogen (secondary N) is 1. The van der Waals surface area contributed by atoms with E-state index < -0.39 is 12.1 Å². The van der Waals surface area contributed by atoms with Gasteiger partial charge in [0.2, 0.25) is 0 Å². The monoisotopic (exact) mass is 248 g/mol. The van der Waals surface area contributed by atoms with E-state index in [-0.39, 0.29) is 12.2 Å². The standard InChI is InChI=1S/C12H12N2O4/c1-7(12(16)17)18-6-10-13-9-5-3-2-4-8(9)11(15)14-10/h2-5,7H,6H2,1H3,(H,16,17)(H,13,14,15)/t7-/m0/s1. The molecule has 6 heteroatoms. The number of aromatic amines is 1. The lowest BCUT2D eigenvalue weighted by Crippen LogP contribution is -2.21. The Bertz CT molecular complexity index is 635. The molecular weight excluding hydrogens is 236 g/mol. The Hall–Kier alpha value is -2.21. The normalized spacial score (nSPS) is 12.5. The number of para-hydroxylation sites is 1. The molecule has 1 aromatic carbocycles. The van der Waals surface area contributed by atoms with Crippen LogP contribution < -0.4 is 5.56 Å². The average molecular weight is 248 g/mol. The summed E-state index contributed by atoms with van der Waals surface area (Å²) in [6.45, 7) is 1.37. The first kappa shape index (κ1) is 12.3. The highest BCUT2D eigenvalue weighted by molar-refractivity contribution is 5.77. The molecule has 2 rings (SSSR count). The number of fused-ring (bicyclic) bond motifs is 1. The van der Waals surface area contributed by atoms with Crippen molar-refractivity contribution in [3.8, 4) is 0 Å². The second-order valence-electron chi connectivity index (χ2n) is 3.82. The van der Waals surface area contributed by atoms with Crippen LogP contribution in [0.3, 0.4) is 0 Å². The molecule has 0 spiro atoms. The number of ether oxygens (including phenoxy) is 1. The first-order chi connectivity index (χ1) is 8.58. The lowest BCUT2D eigenvalue weighted by Gasteiger charge is -2.08. The van der Waals surface area contributed by atoms with E-state index in [0.29, 0.717) is 16.7 Å². The molecule has 2 aromatic rings. The Balaban J connectivity index is 2.25. The Morgan fingerprint density at radius 3 is 2.94 bits per heavy atom. The fourth-order valence-electron chi connectivity index (χ4n) is 1.48. The topological polar surface area (TPSA) is 92.3 Å². The van der Waals surface area contributed by atoms with Crippen LogP contribution in [-0.4, -0.2) is 27.1 Å². The molecule has 18 heavy (non-hydrogen) atoms. The van der Waals surface area contributed by atoms with Gasteiger partial charge in [-0.2, -0.15) is 0 Å². The van der Waals surface area contributed by atoms with Crippen molar-refractivity contribution in [1.29, 1.82) is 0 Å². The number of carbonyl (C=O) groups is 1. The van der Waals surface area contributed by atoms with Gasteiger partial charge in [-0.25, -0.2) is 9.78 Å². The molecule has 0 aliphatic carbocycles. The summed E-state index contributed by atoms with van der Waals surface area (Å²) in [6, 6.07) is 6.92. The highest BCUT2D eigenvalue weighted by Gasteiger charge is 2.12. The quantitative estimate of drug-likeness (QED) is 0.839. The Labute approximate surface area is 102 Å². The minimum absolute atomic E-state index is 0.0481. The van der Waals surface area contributed by atoms with Crippen molar-refractivity contribution in [1.82, 2.24) is 9.97 Å². The third-order valence-electron chi connectivity index (χ3n) is 2.48. The van der Waals surface area contributed by atoms with E-state index in [1.54, 1.807) is 24.3 Å². The minimum atomic E-state index is -1.06. The molecule has 0 aliphatic rings. The molecule has 1 aromatic heterocycles. The Kier molecular flexibility index (Phi) is 3.38. The molecule has 0 saturated heterocycles. The molecule has 0 unspecified atom stereocenters. The van der Waals surface area contributed by atoms with Gasteiger partial charge < -0.3 is 14.8 Å². The van der Waals surface area contributed by atoms with E-state index in [1.807, 2.05) is 0 Å². The van der Waals surface area contributed by atoms with Crippen molar-refractivity contribution in [2.75, 3.05) is 0 Å². The molecule has 1 atom stereocenters. The fourth-order valence-corrected chi connectivity index (χ4v) is 1.48. The van der Waals surface area contributed by atoms with Crippen molar-refractivity contribution in [2.45, 2.75) is 19.6 Å². The van der Waals surface area contributed by atoms with Gasteiger partial charge in [0.1, 0.15) is 12.4 Å². The number of hydrogen-bond acceptors (Lipinski definition) is 4. The lowest BCUT2D eigenvalue weighted by atomic mass is 10.2. The average Bonchev–Trinajstić information content (AvgIpc) is 2.36. The number of aliphatic carboxylic acids is 1. The fraction of sp³-hybridized carbons (Fsp3) is 0.250. The largest absolute Gasteiger partial charge is 0.479 e. The molecule has 6 nitrogen and oxygen atoms in total. The SMILES string of the molecule is C[C@H](OCc1nc2ccccc2c(=O)[nH]1)C(=O)O. The predicted octanol–water partition coefficient (Wildman–Crippen LogP) is 0.913. The molecular formula is C12H12N2O4. The first-order valence-electron chi connectivity index (χ1n) is 5.40. The van der Waals surface area contributed by atoms with Crippen LogP contribution in [0, 0.1) is 0 Å². The number of rotatable bonds is 4. The van der Waals surface area contributed by atoms with Crippen LogP contribution in [0.1, 0.15) is 12.7 Å². The zero-order valence-corrected chi connectivity index (χ0v) is 9.71. The van der Waals surface area contributed by atoms with Crippen LogP contribution in [0.25, 0.3) is 10.9 Å². The summed E-state index contributed by atoms with van der Waals surface area (Å²) in [6.07, 6.45) is -0.943. The predicted molar refractivity (Wildman–Crippen MR) is 64.3 cm³/mol. The summed E-state index contributed by atoms with van der Waals surface area (Å²) in [5.74, 6) is -0.745. The van der Waals surface area contributed by atoms with Gasteiger partial charge in [-0.1, -0.05) is 12.1 Å². The van der Waals surface area contributed by atoms with E-state index in [9.17, 15) is 9.59 Å². The maximum absolute atomic E-state index is 11.7. The van der Waals surface area contributed by atoms with Crippen LogP contribution >= 0.6 is 0 Å². The molecule has 0 bridgehead atoms. The maximum Gasteiger partial charge on any atom is 0.332 e. The van der Waals surface area contributed by atoms with Gasteiger partial charge in [0.15, 0.2) is 6.10 Å². The van der Waals surface area contributed by atoms with Crippen molar-refractivity contribution in [2.24, 2.45) is 0 Å². The molecule has 0 saturated carbocycles. The zero-order chi connectivity index (χ0) is 13.1. The van der Waals surface area contributed by atoms with E-state index >= 15 is 0 Å². The molecule has 94 valence electrons. The summed E-state index contributed by atoms with van der Waals surface area (Å²) >= 11 is 0. The van der Waals surface area contributed by atoms with Crippen LogP contribution in [0.5, 0.6) is 0 Å². The third kappa shape index (κ3) is 2.54. The highest BCUT2D eigenvalue weighted by Crippen LogP contribution is 2.06. The van der Waals surface area contributed by atoms with E-state index in [1.165, 1.54) is 6.92 Å². The molecule has 0 radical (unpaired) electrons. The van der Waals surface area contributed by atoms with Crippen LogP contribution in [0.2, 0.25) is 0 Å². The smallest absolute Gasteiger partial charge is 0.332 e.